The van der Waals surface area contributed by atoms with Gasteiger partial charge in [-0.2, -0.15) is 0 Å². The van der Waals surface area contributed by atoms with E-state index in [0.717, 1.165) is 5.56 Å². The minimum atomic E-state index is -0.770. The summed E-state index contributed by atoms with van der Waals surface area (Å²) < 4.78 is 30.9. The summed E-state index contributed by atoms with van der Waals surface area (Å²) in [6, 6.07) is 12.6. The Bertz CT molecular complexity index is 963. The second-order valence-electron chi connectivity index (χ2n) is 7.96. The lowest BCUT2D eigenvalue weighted by molar-refractivity contribution is -0.139. The van der Waals surface area contributed by atoms with E-state index in [0.29, 0.717) is 49.5 Å². The van der Waals surface area contributed by atoms with Gasteiger partial charge in [0.05, 0.1) is 11.5 Å². The quantitative estimate of drug-likeness (QED) is 0.362. The standard InChI is InChI=1S/C26H33FN2O5/c1-4-32-22(33-5-2)12-9-13-29-25(30)18-14-19-23(17-10-7-6-8-11-17)21(16-27)34-24(19)20(15-18)26(31)28-3/h6-8,10-11,14-15,21-23H,4-5,9,12-13,16H2,1-3H3,(H,28,31)(H,29,30)/t21-,23+/m1/s1. The molecule has 1 heterocycles. The van der Waals surface area contributed by atoms with Gasteiger partial charge in [0.25, 0.3) is 11.8 Å². The van der Waals surface area contributed by atoms with Gasteiger partial charge in [-0.3, -0.25) is 9.59 Å². The minimum Gasteiger partial charge on any atom is -0.486 e. The maximum atomic E-state index is 13.9. The van der Waals surface area contributed by atoms with Crippen molar-refractivity contribution in [2.75, 3.05) is 33.5 Å². The molecule has 1 aliphatic rings. The molecule has 2 aromatic rings. The van der Waals surface area contributed by atoms with Gasteiger partial charge in [0.2, 0.25) is 0 Å². The smallest absolute Gasteiger partial charge is 0.254 e. The van der Waals surface area contributed by atoms with E-state index in [1.807, 2.05) is 44.2 Å². The summed E-state index contributed by atoms with van der Waals surface area (Å²) in [7, 11) is 1.50. The fourth-order valence-corrected chi connectivity index (χ4v) is 4.20. The van der Waals surface area contributed by atoms with E-state index in [1.54, 1.807) is 6.07 Å². The fourth-order valence-electron chi connectivity index (χ4n) is 4.20. The Morgan fingerprint density at radius 3 is 2.41 bits per heavy atom. The van der Waals surface area contributed by atoms with Gasteiger partial charge in [0.1, 0.15) is 18.5 Å². The molecule has 0 bridgehead atoms. The number of amides is 2. The topological polar surface area (TPSA) is 85.9 Å². The normalized spacial score (nSPS) is 16.7. The van der Waals surface area contributed by atoms with Crippen LogP contribution in [0, 0.1) is 0 Å². The number of hydrogen-bond acceptors (Lipinski definition) is 5. The number of nitrogens with one attached hydrogen (secondary N) is 2. The molecule has 0 radical (unpaired) electrons. The van der Waals surface area contributed by atoms with Crippen LogP contribution in [-0.2, 0) is 9.47 Å². The number of hydrogen-bond donors (Lipinski definition) is 2. The van der Waals surface area contributed by atoms with Crippen molar-refractivity contribution in [2.45, 2.75) is 45.0 Å². The van der Waals surface area contributed by atoms with Gasteiger partial charge in [0, 0.05) is 44.4 Å². The highest BCUT2D eigenvalue weighted by molar-refractivity contribution is 6.02. The predicted molar refractivity (Wildman–Crippen MR) is 127 cm³/mol. The lowest BCUT2D eigenvalue weighted by atomic mass is 9.86. The molecule has 34 heavy (non-hydrogen) atoms. The van der Waals surface area contributed by atoms with Crippen molar-refractivity contribution in [1.82, 2.24) is 10.6 Å². The average Bonchev–Trinajstić information content (AvgIpc) is 3.24. The summed E-state index contributed by atoms with van der Waals surface area (Å²) in [5.41, 5.74) is 2.04. The van der Waals surface area contributed by atoms with Gasteiger partial charge in [-0.15, -0.1) is 0 Å². The molecule has 0 aromatic heterocycles. The molecule has 8 heteroatoms. The first kappa shape index (κ1) is 25.6. The van der Waals surface area contributed by atoms with Crippen molar-refractivity contribution in [3.8, 4) is 5.75 Å². The number of halogens is 1. The SMILES string of the molecule is CCOC(CCCNC(=O)c1cc(C(=O)NC)c2c(c1)[C@H](c1ccccc1)[C@@H](CF)O2)OCC. The third-order valence-electron chi connectivity index (χ3n) is 5.75. The minimum absolute atomic E-state index is 0.217. The molecule has 0 aliphatic carbocycles. The highest BCUT2D eigenvalue weighted by atomic mass is 19.1. The van der Waals surface area contributed by atoms with Crippen LogP contribution in [0.3, 0.4) is 0 Å². The van der Waals surface area contributed by atoms with Crippen molar-refractivity contribution in [2.24, 2.45) is 0 Å². The lowest BCUT2D eigenvalue weighted by Gasteiger charge is -2.17. The summed E-state index contributed by atoms with van der Waals surface area (Å²) in [4.78, 5) is 25.6. The zero-order chi connectivity index (χ0) is 24.5. The van der Waals surface area contributed by atoms with Crippen LogP contribution in [0.1, 0.15) is 64.4 Å². The van der Waals surface area contributed by atoms with E-state index in [-0.39, 0.29) is 17.8 Å². The third-order valence-corrected chi connectivity index (χ3v) is 5.75. The first-order valence-electron chi connectivity index (χ1n) is 11.7. The van der Waals surface area contributed by atoms with Crippen molar-refractivity contribution in [3.63, 3.8) is 0 Å². The molecular formula is C26H33FN2O5. The number of benzene rings is 2. The van der Waals surface area contributed by atoms with Crippen molar-refractivity contribution < 1.29 is 28.2 Å². The lowest BCUT2D eigenvalue weighted by Crippen LogP contribution is -2.27. The number of carbonyl (C=O) groups is 2. The third kappa shape index (κ3) is 5.93. The first-order chi connectivity index (χ1) is 16.5. The van der Waals surface area contributed by atoms with E-state index in [4.69, 9.17) is 14.2 Å². The Kier molecular flexibility index (Phi) is 9.42. The van der Waals surface area contributed by atoms with Gasteiger partial charge < -0.3 is 24.8 Å². The fraction of sp³-hybridized carbons (Fsp3) is 0.462. The van der Waals surface area contributed by atoms with Gasteiger partial charge in [-0.1, -0.05) is 30.3 Å². The Hall–Kier alpha value is -2.97. The molecule has 2 amide bonds. The number of alkyl halides is 1. The van der Waals surface area contributed by atoms with E-state index in [2.05, 4.69) is 10.6 Å². The molecule has 3 rings (SSSR count). The predicted octanol–water partition coefficient (Wildman–Crippen LogP) is 3.82. The van der Waals surface area contributed by atoms with Crippen LogP contribution in [0.5, 0.6) is 5.75 Å². The number of rotatable bonds is 12. The van der Waals surface area contributed by atoms with E-state index < -0.39 is 24.6 Å². The molecule has 0 spiro atoms. The van der Waals surface area contributed by atoms with Gasteiger partial charge in [0.15, 0.2) is 6.29 Å². The molecule has 2 atom stereocenters. The van der Waals surface area contributed by atoms with Crippen LogP contribution in [0.4, 0.5) is 4.39 Å². The monoisotopic (exact) mass is 472 g/mol. The summed E-state index contributed by atoms with van der Waals surface area (Å²) in [6.07, 6.45) is 0.252. The Morgan fingerprint density at radius 1 is 1.09 bits per heavy atom. The zero-order valence-corrected chi connectivity index (χ0v) is 19.9. The van der Waals surface area contributed by atoms with E-state index in [9.17, 15) is 14.0 Å². The summed E-state index contributed by atoms with van der Waals surface area (Å²) in [6.45, 7) is 4.63. The van der Waals surface area contributed by atoms with E-state index in [1.165, 1.54) is 13.1 Å². The molecule has 2 aromatic carbocycles. The zero-order valence-electron chi connectivity index (χ0n) is 19.9. The molecule has 2 N–H and O–H groups in total. The second-order valence-corrected chi connectivity index (χ2v) is 7.96. The molecule has 184 valence electrons. The Balaban J connectivity index is 1.82. The maximum Gasteiger partial charge on any atom is 0.254 e. The van der Waals surface area contributed by atoms with Crippen LogP contribution in [0.25, 0.3) is 0 Å². The number of fused-ring (bicyclic) bond motifs is 1. The summed E-state index contributed by atoms with van der Waals surface area (Å²) >= 11 is 0. The van der Waals surface area contributed by atoms with Gasteiger partial charge >= 0.3 is 0 Å². The molecule has 0 saturated heterocycles. The highest BCUT2D eigenvalue weighted by Gasteiger charge is 2.39. The van der Waals surface area contributed by atoms with Gasteiger partial charge in [-0.05, 0) is 38.0 Å². The Morgan fingerprint density at radius 2 is 1.79 bits per heavy atom. The molecule has 1 aliphatic heterocycles. The maximum absolute atomic E-state index is 13.9. The van der Waals surface area contributed by atoms with Crippen LogP contribution in [-0.4, -0.2) is 57.7 Å². The Labute approximate surface area is 200 Å². The molecule has 0 unspecified atom stereocenters. The van der Waals surface area contributed by atoms with Crippen LogP contribution < -0.4 is 15.4 Å². The number of ether oxygens (including phenoxy) is 3. The summed E-state index contributed by atoms with van der Waals surface area (Å²) in [5, 5.41) is 5.48. The van der Waals surface area contributed by atoms with Gasteiger partial charge in [-0.25, -0.2) is 4.39 Å². The second kappa shape index (κ2) is 12.5. The highest BCUT2D eigenvalue weighted by Crippen LogP contribution is 2.45. The van der Waals surface area contributed by atoms with Crippen molar-refractivity contribution >= 4 is 11.8 Å². The van der Waals surface area contributed by atoms with Crippen molar-refractivity contribution in [3.05, 3.63) is 64.7 Å². The first-order valence-corrected chi connectivity index (χ1v) is 11.7. The molecule has 7 nitrogen and oxygen atoms in total. The van der Waals surface area contributed by atoms with Crippen LogP contribution in [0.15, 0.2) is 42.5 Å². The summed E-state index contributed by atoms with van der Waals surface area (Å²) in [5.74, 6) is -0.805. The van der Waals surface area contributed by atoms with E-state index >= 15 is 0 Å². The van der Waals surface area contributed by atoms with Crippen LogP contribution in [0.2, 0.25) is 0 Å². The van der Waals surface area contributed by atoms with Crippen molar-refractivity contribution in [1.29, 1.82) is 0 Å². The molecule has 0 saturated carbocycles. The largest absolute Gasteiger partial charge is 0.486 e. The number of carbonyl (C=O) groups excluding carboxylic acids is 2. The molecule has 0 fully saturated rings. The van der Waals surface area contributed by atoms with Crippen LogP contribution >= 0.6 is 0 Å². The average molecular weight is 473 g/mol. The molecular weight excluding hydrogens is 439 g/mol.